The predicted molar refractivity (Wildman–Crippen MR) is 105 cm³/mol. The van der Waals surface area contributed by atoms with Gasteiger partial charge in [0.25, 0.3) is 10.1 Å². The molecule has 0 atom stereocenters. The summed E-state index contributed by atoms with van der Waals surface area (Å²) in [7, 11) is -4.60. The molecule has 0 aromatic heterocycles. The number of esters is 2. The van der Waals surface area contributed by atoms with Gasteiger partial charge in [0.05, 0.1) is 29.2 Å². The third-order valence-corrected chi connectivity index (χ3v) is 4.83. The standard InChI is InChI=1S/C20H30O7S/c1-14(2)7-5-9-26-19(21)16-11-17(13-18(12-16)28(23,24)25)20(22)27-10-6-8-15(3)4/h11-15H,5-10H2,1-4H3,(H,23,24,25). The Kier molecular flexibility index (Phi) is 9.61. The fraction of sp³-hybridized carbons (Fsp3) is 0.600. The first-order valence-electron chi connectivity index (χ1n) is 9.47. The molecular weight excluding hydrogens is 384 g/mol. The first kappa shape index (κ1) is 24.1. The van der Waals surface area contributed by atoms with Crippen LogP contribution < -0.4 is 0 Å². The van der Waals surface area contributed by atoms with E-state index in [0.717, 1.165) is 25.0 Å². The van der Waals surface area contributed by atoms with Crippen LogP contribution in [-0.2, 0) is 19.6 Å². The quantitative estimate of drug-likeness (QED) is 0.330. The van der Waals surface area contributed by atoms with Crippen LogP contribution >= 0.6 is 0 Å². The number of hydrogen-bond acceptors (Lipinski definition) is 6. The van der Waals surface area contributed by atoms with Gasteiger partial charge in [-0.3, -0.25) is 4.55 Å². The zero-order chi connectivity index (χ0) is 21.3. The molecule has 0 unspecified atom stereocenters. The Balaban J connectivity index is 2.91. The molecule has 0 fully saturated rings. The second-order valence-corrected chi connectivity index (χ2v) is 8.99. The lowest BCUT2D eigenvalue weighted by Gasteiger charge is -2.10. The first-order chi connectivity index (χ1) is 13.0. The van der Waals surface area contributed by atoms with Crippen LogP contribution in [0.3, 0.4) is 0 Å². The summed E-state index contributed by atoms with van der Waals surface area (Å²) < 4.78 is 42.6. The second kappa shape index (κ2) is 11.2. The number of benzene rings is 1. The Labute approximate surface area is 167 Å². The Morgan fingerprint density at radius 3 is 1.57 bits per heavy atom. The normalized spacial score (nSPS) is 11.7. The Morgan fingerprint density at radius 1 is 0.857 bits per heavy atom. The number of hydrogen-bond donors (Lipinski definition) is 1. The fourth-order valence-corrected chi connectivity index (χ4v) is 3.02. The largest absolute Gasteiger partial charge is 0.462 e. The summed E-state index contributed by atoms with van der Waals surface area (Å²) in [6.45, 7) is 8.57. The Hall–Kier alpha value is -1.93. The molecule has 0 bridgehead atoms. The molecule has 1 aromatic rings. The van der Waals surface area contributed by atoms with Crippen LogP contribution in [0.1, 0.15) is 74.1 Å². The maximum Gasteiger partial charge on any atom is 0.338 e. The van der Waals surface area contributed by atoms with E-state index in [0.29, 0.717) is 24.7 Å². The van der Waals surface area contributed by atoms with E-state index >= 15 is 0 Å². The van der Waals surface area contributed by atoms with Crippen molar-refractivity contribution in [2.45, 2.75) is 58.3 Å². The third kappa shape index (κ3) is 8.84. The highest BCUT2D eigenvalue weighted by Crippen LogP contribution is 2.18. The van der Waals surface area contributed by atoms with E-state index < -0.39 is 27.0 Å². The van der Waals surface area contributed by atoms with Gasteiger partial charge in [0.2, 0.25) is 0 Å². The molecule has 158 valence electrons. The van der Waals surface area contributed by atoms with Crippen molar-refractivity contribution < 1.29 is 32.0 Å². The van der Waals surface area contributed by atoms with Crippen LogP contribution in [0.25, 0.3) is 0 Å². The van der Waals surface area contributed by atoms with Gasteiger partial charge in [0.1, 0.15) is 0 Å². The minimum absolute atomic E-state index is 0.131. The topological polar surface area (TPSA) is 107 Å². The maximum absolute atomic E-state index is 12.2. The van der Waals surface area contributed by atoms with E-state index in [1.807, 2.05) is 0 Å². The van der Waals surface area contributed by atoms with Gasteiger partial charge >= 0.3 is 11.9 Å². The van der Waals surface area contributed by atoms with E-state index in [9.17, 15) is 22.6 Å². The molecule has 7 nitrogen and oxygen atoms in total. The van der Waals surface area contributed by atoms with Crippen molar-refractivity contribution in [3.05, 3.63) is 29.3 Å². The van der Waals surface area contributed by atoms with Crippen molar-refractivity contribution in [1.29, 1.82) is 0 Å². The van der Waals surface area contributed by atoms with Crippen LogP contribution in [0.2, 0.25) is 0 Å². The van der Waals surface area contributed by atoms with Gasteiger partial charge in [-0.1, -0.05) is 27.7 Å². The van der Waals surface area contributed by atoms with Gasteiger partial charge in [-0.05, 0) is 55.7 Å². The van der Waals surface area contributed by atoms with Crippen molar-refractivity contribution >= 4 is 22.1 Å². The monoisotopic (exact) mass is 414 g/mol. The summed E-state index contributed by atoms with van der Waals surface area (Å²) >= 11 is 0. The van der Waals surface area contributed by atoms with Crippen LogP contribution in [0.5, 0.6) is 0 Å². The van der Waals surface area contributed by atoms with Crippen molar-refractivity contribution in [2.24, 2.45) is 11.8 Å². The average molecular weight is 415 g/mol. The summed E-state index contributed by atoms with van der Waals surface area (Å²) in [5.41, 5.74) is -0.261. The van der Waals surface area contributed by atoms with E-state index in [2.05, 4.69) is 27.7 Å². The number of ether oxygens (including phenoxy) is 2. The molecule has 0 aliphatic carbocycles. The highest BCUT2D eigenvalue weighted by Gasteiger charge is 2.20. The lowest BCUT2D eigenvalue weighted by atomic mass is 10.1. The number of carbonyl (C=O) groups excluding carboxylic acids is 2. The van der Waals surface area contributed by atoms with Crippen LogP contribution in [-0.4, -0.2) is 38.1 Å². The summed E-state index contributed by atoms with van der Waals surface area (Å²) in [5, 5.41) is 0. The summed E-state index contributed by atoms with van der Waals surface area (Å²) in [5.74, 6) is -0.580. The lowest BCUT2D eigenvalue weighted by Crippen LogP contribution is -2.13. The molecule has 0 aliphatic rings. The van der Waals surface area contributed by atoms with Crippen molar-refractivity contribution in [3.63, 3.8) is 0 Å². The van der Waals surface area contributed by atoms with Gasteiger partial charge in [-0.15, -0.1) is 0 Å². The lowest BCUT2D eigenvalue weighted by molar-refractivity contribution is 0.0492. The first-order valence-corrected chi connectivity index (χ1v) is 10.9. The van der Waals surface area contributed by atoms with Crippen molar-refractivity contribution in [1.82, 2.24) is 0 Å². The van der Waals surface area contributed by atoms with E-state index in [1.165, 1.54) is 6.07 Å². The Morgan fingerprint density at radius 2 is 1.25 bits per heavy atom. The van der Waals surface area contributed by atoms with Gasteiger partial charge < -0.3 is 9.47 Å². The van der Waals surface area contributed by atoms with Crippen LogP contribution in [0.15, 0.2) is 23.1 Å². The SMILES string of the molecule is CC(C)CCCOC(=O)c1cc(C(=O)OCCCC(C)C)cc(S(=O)(=O)O)c1. The number of carbonyl (C=O) groups is 2. The fourth-order valence-electron chi connectivity index (χ4n) is 2.46. The molecule has 0 radical (unpaired) electrons. The Bertz CT molecular complexity index is 721. The molecule has 8 heteroatoms. The van der Waals surface area contributed by atoms with Crippen molar-refractivity contribution in [3.8, 4) is 0 Å². The van der Waals surface area contributed by atoms with E-state index in [1.54, 1.807) is 0 Å². The second-order valence-electron chi connectivity index (χ2n) is 7.57. The highest BCUT2D eigenvalue weighted by molar-refractivity contribution is 7.85. The smallest absolute Gasteiger partial charge is 0.338 e. The zero-order valence-electron chi connectivity index (χ0n) is 16.9. The zero-order valence-corrected chi connectivity index (χ0v) is 17.8. The van der Waals surface area contributed by atoms with Gasteiger partial charge in [-0.25, -0.2) is 9.59 Å². The molecule has 0 amide bonds. The predicted octanol–water partition coefficient (Wildman–Crippen LogP) is 4.12. The van der Waals surface area contributed by atoms with Crippen LogP contribution in [0, 0.1) is 11.8 Å². The van der Waals surface area contributed by atoms with E-state index in [4.69, 9.17) is 9.47 Å². The highest BCUT2D eigenvalue weighted by atomic mass is 32.2. The van der Waals surface area contributed by atoms with E-state index in [-0.39, 0.29) is 24.3 Å². The molecule has 0 saturated heterocycles. The molecular formula is C20H30O7S. The molecule has 28 heavy (non-hydrogen) atoms. The minimum Gasteiger partial charge on any atom is -0.462 e. The molecule has 1 aromatic carbocycles. The average Bonchev–Trinajstić information content (AvgIpc) is 2.60. The van der Waals surface area contributed by atoms with Gasteiger partial charge in [-0.2, -0.15) is 8.42 Å². The molecule has 0 saturated carbocycles. The molecule has 0 spiro atoms. The van der Waals surface area contributed by atoms with Crippen LogP contribution in [0.4, 0.5) is 0 Å². The third-order valence-electron chi connectivity index (χ3n) is 3.99. The molecule has 0 heterocycles. The molecule has 1 rings (SSSR count). The summed E-state index contributed by atoms with van der Waals surface area (Å²) in [4.78, 5) is 23.9. The molecule has 0 aliphatic heterocycles. The maximum atomic E-state index is 12.2. The summed E-state index contributed by atoms with van der Waals surface area (Å²) in [6.07, 6.45) is 3.11. The molecule has 1 N–H and O–H groups in total. The van der Waals surface area contributed by atoms with Gasteiger partial charge in [0, 0.05) is 0 Å². The van der Waals surface area contributed by atoms with Crippen molar-refractivity contribution in [2.75, 3.05) is 13.2 Å². The number of rotatable bonds is 11. The summed E-state index contributed by atoms with van der Waals surface area (Å²) in [6, 6.07) is 3.18. The minimum atomic E-state index is -4.60. The van der Waals surface area contributed by atoms with Gasteiger partial charge in [0.15, 0.2) is 0 Å².